The van der Waals surface area contributed by atoms with Gasteiger partial charge in [0.25, 0.3) is 0 Å². The lowest BCUT2D eigenvalue weighted by Gasteiger charge is -2.10. The van der Waals surface area contributed by atoms with E-state index in [1.165, 1.54) is 0 Å². The highest BCUT2D eigenvalue weighted by Crippen LogP contribution is 2.29. The molecule has 0 atom stereocenters. The van der Waals surface area contributed by atoms with Gasteiger partial charge in [-0.3, -0.25) is 0 Å². The number of aryl methyl sites for hydroxylation is 1. The molecule has 3 aromatic rings. The Bertz CT molecular complexity index is 879. The van der Waals surface area contributed by atoms with E-state index in [-0.39, 0.29) is 5.63 Å². The van der Waals surface area contributed by atoms with Crippen LogP contribution >= 0.6 is 15.9 Å². The predicted octanol–water partition coefficient (Wildman–Crippen LogP) is 4.93. The molecule has 0 aliphatic heterocycles. The van der Waals surface area contributed by atoms with Crippen molar-refractivity contribution in [2.24, 2.45) is 0 Å². The van der Waals surface area contributed by atoms with Gasteiger partial charge < -0.3 is 9.15 Å². The molecule has 0 unspecified atom stereocenters. The molecule has 0 radical (unpaired) electrons. The molecule has 1 heterocycles. The third-order valence-electron chi connectivity index (χ3n) is 3.58. The summed E-state index contributed by atoms with van der Waals surface area (Å²) in [4.78, 5) is 12.3. The molecule has 0 aliphatic carbocycles. The van der Waals surface area contributed by atoms with Crippen molar-refractivity contribution in [3.63, 3.8) is 0 Å². The monoisotopic (exact) mass is 358 g/mol. The topological polar surface area (TPSA) is 39.4 Å². The first-order valence-electron chi connectivity index (χ1n) is 7.06. The van der Waals surface area contributed by atoms with E-state index in [4.69, 9.17) is 9.15 Å². The molecular formula is C18H15BrO3. The van der Waals surface area contributed by atoms with Crippen molar-refractivity contribution in [1.29, 1.82) is 0 Å². The van der Waals surface area contributed by atoms with Crippen LogP contribution in [-0.4, -0.2) is 6.61 Å². The lowest BCUT2D eigenvalue weighted by Crippen LogP contribution is -2.06. The highest BCUT2D eigenvalue weighted by molar-refractivity contribution is 9.10. The summed E-state index contributed by atoms with van der Waals surface area (Å²) >= 11 is 3.40. The van der Waals surface area contributed by atoms with E-state index in [0.717, 1.165) is 26.7 Å². The fraction of sp³-hybridized carbons (Fsp3) is 0.167. The summed E-state index contributed by atoms with van der Waals surface area (Å²) in [6.07, 6.45) is 0. The van der Waals surface area contributed by atoms with Crippen molar-refractivity contribution in [3.8, 4) is 16.9 Å². The van der Waals surface area contributed by atoms with E-state index < -0.39 is 0 Å². The third-order valence-corrected chi connectivity index (χ3v) is 4.11. The van der Waals surface area contributed by atoms with Gasteiger partial charge in [-0.1, -0.05) is 28.1 Å². The van der Waals surface area contributed by atoms with Crippen LogP contribution in [0.25, 0.3) is 22.1 Å². The van der Waals surface area contributed by atoms with E-state index in [1.54, 1.807) is 6.07 Å². The maximum absolute atomic E-state index is 12.3. The van der Waals surface area contributed by atoms with E-state index >= 15 is 0 Å². The molecule has 0 saturated heterocycles. The summed E-state index contributed by atoms with van der Waals surface area (Å²) in [5.41, 5.74) is 2.59. The number of fused-ring (bicyclic) bond motifs is 1. The molecule has 3 nitrogen and oxygen atoms in total. The summed E-state index contributed by atoms with van der Waals surface area (Å²) in [5.74, 6) is 0.772. The number of ether oxygens (including phenoxy) is 1. The Labute approximate surface area is 136 Å². The van der Waals surface area contributed by atoms with Crippen LogP contribution in [0.1, 0.15) is 12.5 Å². The number of rotatable bonds is 3. The first-order valence-corrected chi connectivity index (χ1v) is 7.85. The molecule has 4 heteroatoms. The predicted molar refractivity (Wildman–Crippen MR) is 91.5 cm³/mol. The SMILES string of the molecule is CCOc1ccc2oc(=O)c(-c3ccc(Br)cc3)c(C)c2c1. The average Bonchev–Trinajstić information content (AvgIpc) is 2.50. The molecule has 0 amide bonds. The van der Waals surface area contributed by atoms with Crippen molar-refractivity contribution in [3.05, 3.63) is 62.9 Å². The van der Waals surface area contributed by atoms with Gasteiger partial charge in [-0.2, -0.15) is 0 Å². The second kappa shape index (κ2) is 5.97. The summed E-state index contributed by atoms with van der Waals surface area (Å²) in [5, 5.41) is 0.892. The van der Waals surface area contributed by atoms with Crippen LogP contribution < -0.4 is 10.4 Å². The molecule has 22 heavy (non-hydrogen) atoms. The lowest BCUT2D eigenvalue weighted by atomic mass is 9.99. The molecule has 0 aliphatic rings. The third kappa shape index (κ3) is 2.66. The zero-order chi connectivity index (χ0) is 15.7. The average molecular weight is 359 g/mol. The van der Waals surface area contributed by atoms with Crippen LogP contribution in [0.2, 0.25) is 0 Å². The van der Waals surface area contributed by atoms with Gasteiger partial charge in [0, 0.05) is 9.86 Å². The zero-order valence-corrected chi connectivity index (χ0v) is 13.9. The Hall–Kier alpha value is -2.07. The fourth-order valence-corrected chi connectivity index (χ4v) is 2.80. The van der Waals surface area contributed by atoms with Gasteiger partial charge in [-0.05, 0) is 55.3 Å². The van der Waals surface area contributed by atoms with Gasteiger partial charge in [-0.15, -0.1) is 0 Å². The lowest BCUT2D eigenvalue weighted by molar-refractivity contribution is 0.340. The summed E-state index contributed by atoms with van der Waals surface area (Å²) < 4.78 is 12.0. The minimum atomic E-state index is -0.323. The van der Waals surface area contributed by atoms with Crippen LogP contribution in [0.5, 0.6) is 5.75 Å². The molecular weight excluding hydrogens is 344 g/mol. The molecule has 3 rings (SSSR count). The van der Waals surface area contributed by atoms with Crippen LogP contribution in [0.4, 0.5) is 0 Å². The standard InChI is InChI=1S/C18H15BrO3/c1-3-21-14-8-9-16-15(10-14)11(2)17(18(20)22-16)12-4-6-13(19)7-5-12/h4-10H,3H2,1-2H3. The van der Waals surface area contributed by atoms with Gasteiger partial charge >= 0.3 is 5.63 Å². The Morgan fingerprint density at radius 3 is 2.55 bits per heavy atom. The van der Waals surface area contributed by atoms with E-state index in [9.17, 15) is 4.79 Å². The molecule has 0 fully saturated rings. The van der Waals surface area contributed by atoms with Crippen molar-refractivity contribution < 1.29 is 9.15 Å². The second-order valence-corrected chi connectivity index (χ2v) is 5.90. The van der Waals surface area contributed by atoms with Crippen LogP contribution in [0.15, 0.2) is 56.1 Å². The van der Waals surface area contributed by atoms with Gasteiger partial charge in [0.05, 0.1) is 12.2 Å². The zero-order valence-electron chi connectivity index (χ0n) is 12.4. The molecule has 1 aromatic heterocycles. The summed E-state index contributed by atoms with van der Waals surface area (Å²) in [7, 11) is 0. The van der Waals surface area contributed by atoms with E-state index in [2.05, 4.69) is 15.9 Å². The quantitative estimate of drug-likeness (QED) is 0.623. The van der Waals surface area contributed by atoms with Crippen molar-refractivity contribution >= 4 is 26.9 Å². The molecule has 112 valence electrons. The summed E-state index contributed by atoms with van der Waals surface area (Å²) in [6, 6.07) is 13.1. The van der Waals surface area contributed by atoms with Gasteiger partial charge in [-0.25, -0.2) is 4.79 Å². The minimum absolute atomic E-state index is 0.323. The van der Waals surface area contributed by atoms with Gasteiger partial charge in [0.15, 0.2) is 0 Å². The smallest absolute Gasteiger partial charge is 0.344 e. The van der Waals surface area contributed by atoms with Crippen molar-refractivity contribution in [1.82, 2.24) is 0 Å². The largest absolute Gasteiger partial charge is 0.494 e. The Kier molecular flexibility index (Phi) is 4.03. The molecule has 0 saturated carbocycles. The Morgan fingerprint density at radius 2 is 1.86 bits per heavy atom. The highest BCUT2D eigenvalue weighted by Gasteiger charge is 2.14. The van der Waals surface area contributed by atoms with Crippen molar-refractivity contribution in [2.45, 2.75) is 13.8 Å². The molecule has 0 bridgehead atoms. The normalized spacial score (nSPS) is 10.9. The molecule has 2 aromatic carbocycles. The van der Waals surface area contributed by atoms with Crippen molar-refractivity contribution in [2.75, 3.05) is 6.61 Å². The van der Waals surface area contributed by atoms with E-state index in [1.807, 2.05) is 50.2 Å². The number of hydrogen-bond acceptors (Lipinski definition) is 3. The number of halogens is 1. The van der Waals surface area contributed by atoms with E-state index in [0.29, 0.717) is 17.8 Å². The first-order chi connectivity index (χ1) is 10.6. The van der Waals surface area contributed by atoms with Crippen LogP contribution in [0.3, 0.4) is 0 Å². The minimum Gasteiger partial charge on any atom is -0.494 e. The van der Waals surface area contributed by atoms with Gasteiger partial charge in [0.1, 0.15) is 11.3 Å². The summed E-state index contributed by atoms with van der Waals surface area (Å²) in [6.45, 7) is 4.47. The van der Waals surface area contributed by atoms with Gasteiger partial charge in [0.2, 0.25) is 0 Å². The Balaban J connectivity index is 2.26. The van der Waals surface area contributed by atoms with Crippen LogP contribution in [-0.2, 0) is 0 Å². The maximum Gasteiger partial charge on any atom is 0.344 e. The molecule has 0 N–H and O–H groups in total. The highest BCUT2D eigenvalue weighted by atomic mass is 79.9. The Morgan fingerprint density at radius 1 is 1.14 bits per heavy atom. The molecule has 0 spiro atoms. The second-order valence-electron chi connectivity index (χ2n) is 4.99. The number of hydrogen-bond donors (Lipinski definition) is 0. The van der Waals surface area contributed by atoms with Crippen LogP contribution in [0, 0.1) is 6.92 Å². The fourth-order valence-electron chi connectivity index (χ4n) is 2.54. The first kappa shape index (κ1) is 14.9. The number of benzene rings is 2. The maximum atomic E-state index is 12.3.